The zero-order chi connectivity index (χ0) is 10.6. The van der Waals surface area contributed by atoms with Crippen LogP contribution in [0.25, 0.3) is 0 Å². The van der Waals surface area contributed by atoms with Crippen molar-refractivity contribution in [3.05, 3.63) is 18.0 Å². The van der Waals surface area contributed by atoms with Gasteiger partial charge in [0.2, 0.25) is 0 Å². The summed E-state index contributed by atoms with van der Waals surface area (Å²) in [4.78, 5) is 0. The minimum absolute atomic E-state index is 0.150. The van der Waals surface area contributed by atoms with Crippen LogP contribution in [0, 0.1) is 0 Å². The molecule has 0 radical (unpaired) electrons. The van der Waals surface area contributed by atoms with Crippen LogP contribution in [0.2, 0.25) is 0 Å². The van der Waals surface area contributed by atoms with E-state index in [1.165, 1.54) is 0 Å². The van der Waals surface area contributed by atoms with Crippen LogP contribution in [0.1, 0.15) is 25.5 Å². The van der Waals surface area contributed by atoms with Gasteiger partial charge in [0.1, 0.15) is 0 Å². The van der Waals surface area contributed by atoms with Gasteiger partial charge in [-0.2, -0.15) is 10.2 Å². The average Bonchev–Trinajstić information content (AvgIpc) is 2.52. The van der Waals surface area contributed by atoms with E-state index >= 15 is 0 Å². The lowest BCUT2D eigenvalue weighted by Crippen LogP contribution is -2.23. The van der Waals surface area contributed by atoms with Crippen LogP contribution in [0.15, 0.2) is 17.5 Å². The molecule has 3 N–H and O–H groups in total. The summed E-state index contributed by atoms with van der Waals surface area (Å²) in [6.45, 7) is 4.11. The lowest BCUT2D eigenvalue weighted by atomic mass is 10.4. The van der Waals surface area contributed by atoms with Crippen molar-refractivity contribution in [2.45, 2.75) is 19.9 Å². The maximum atomic E-state index is 5.20. The van der Waals surface area contributed by atoms with Gasteiger partial charge in [-0.25, -0.2) is 0 Å². The molecule has 0 spiro atoms. The Morgan fingerprint density at radius 3 is 3.00 bits per heavy atom. The highest BCUT2D eigenvalue weighted by Gasteiger charge is 1.98. The molecule has 0 aliphatic rings. The standard InChI is InChI=1S/C8H13N5S/c1-6(2)13-5-7(4-11-13)3-10-12-8(9)14/h3-6H,1-2H3,(H3,9,12,14)/b10-3+. The lowest BCUT2D eigenvalue weighted by molar-refractivity contribution is 0.532. The smallest absolute Gasteiger partial charge is 0.184 e. The Bertz CT molecular complexity index is 341. The van der Waals surface area contributed by atoms with Crippen molar-refractivity contribution in [2.75, 3.05) is 0 Å². The van der Waals surface area contributed by atoms with Crippen LogP contribution in [0.4, 0.5) is 0 Å². The minimum Gasteiger partial charge on any atom is -0.375 e. The molecule has 0 fully saturated rings. The van der Waals surface area contributed by atoms with Gasteiger partial charge in [-0.3, -0.25) is 10.1 Å². The lowest BCUT2D eigenvalue weighted by Gasteiger charge is -2.02. The predicted octanol–water partition coefficient (Wildman–Crippen LogP) is 0.631. The first-order valence-electron chi connectivity index (χ1n) is 4.22. The molecule has 6 heteroatoms. The van der Waals surface area contributed by atoms with Gasteiger partial charge in [0, 0.05) is 17.8 Å². The Morgan fingerprint density at radius 1 is 1.79 bits per heavy atom. The third-order valence-electron chi connectivity index (χ3n) is 1.54. The SMILES string of the molecule is CC(C)n1cc(/C=N/NC(N)=S)cn1. The van der Waals surface area contributed by atoms with Gasteiger partial charge in [0.15, 0.2) is 5.11 Å². The van der Waals surface area contributed by atoms with Gasteiger partial charge in [-0.1, -0.05) is 0 Å². The highest BCUT2D eigenvalue weighted by atomic mass is 32.1. The fraction of sp³-hybridized carbons (Fsp3) is 0.375. The first-order valence-corrected chi connectivity index (χ1v) is 4.63. The van der Waals surface area contributed by atoms with E-state index in [0.29, 0.717) is 6.04 Å². The summed E-state index contributed by atoms with van der Waals surface area (Å²) in [5.41, 5.74) is 8.57. The molecule has 0 saturated heterocycles. The first-order chi connectivity index (χ1) is 6.59. The van der Waals surface area contributed by atoms with E-state index < -0.39 is 0 Å². The summed E-state index contributed by atoms with van der Waals surface area (Å²) < 4.78 is 1.85. The third-order valence-corrected chi connectivity index (χ3v) is 1.63. The normalized spacial score (nSPS) is 11.1. The largest absolute Gasteiger partial charge is 0.375 e. The molecule has 0 aromatic carbocycles. The summed E-state index contributed by atoms with van der Waals surface area (Å²) in [5, 5.41) is 8.12. The van der Waals surface area contributed by atoms with E-state index in [0.717, 1.165) is 5.56 Å². The van der Waals surface area contributed by atoms with Crippen molar-refractivity contribution in [2.24, 2.45) is 10.8 Å². The van der Waals surface area contributed by atoms with Crippen LogP contribution in [0.3, 0.4) is 0 Å². The van der Waals surface area contributed by atoms with Gasteiger partial charge in [0.05, 0.1) is 12.4 Å². The molecule has 0 bridgehead atoms. The second-order valence-electron chi connectivity index (χ2n) is 3.08. The monoisotopic (exact) mass is 211 g/mol. The van der Waals surface area contributed by atoms with Crippen LogP contribution < -0.4 is 11.2 Å². The highest BCUT2D eigenvalue weighted by molar-refractivity contribution is 7.80. The highest BCUT2D eigenvalue weighted by Crippen LogP contribution is 2.02. The topological polar surface area (TPSA) is 68.2 Å². The summed E-state index contributed by atoms with van der Waals surface area (Å²) in [5.74, 6) is 0. The van der Waals surface area contributed by atoms with Crippen LogP contribution in [-0.2, 0) is 0 Å². The zero-order valence-electron chi connectivity index (χ0n) is 8.14. The molecule has 1 heterocycles. The first kappa shape index (κ1) is 10.6. The Kier molecular flexibility index (Phi) is 3.58. The molecule has 0 amide bonds. The maximum absolute atomic E-state index is 5.20. The van der Waals surface area contributed by atoms with E-state index in [-0.39, 0.29) is 5.11 Å². The third kappa shape index (κ3) is 3.14. The fourth-order valence-corrected chi connectivity index (χ4v) is 0.925. The van der Waals surface area contributed by atoms with Crippen molar-refractivity contribution >= 4 is 23.5 Å². The molecule has 1 aromatic heterocycles. The molecule has 76 valence electrons. The van der Waals surface area contributed by atoms with E-state index in [4.69, 9.17) is 5.73 Å². The van der Waals surface area contributed by atoms with Gasteiger partial charge >= 0.3 is 0 Å². The van der Waals surface area contributed by atoms with Crippen LogP contribution in [-0.4, -0.2) is 21.1 Å². The molecule has 1 aromatic rings. The van der Waals surface area contributed by atoms with Gasteiger partial charge in [-0.15, -0.1) is 0 Å². The number of nitrogens with two attached hydrogens (primary N) is 1. The molecular weight excluding hydrogens is 198 g/mol. The molecule has 14 heavy (non-hydrogen) atoms. The fourth-order valence-electron chi connectivity index (χ4n) is 0.872. The predicted molar refractivity (Wildman–Crippen MR) is 60.1 cm³/mol. The number of thiocarbonyl (C=S) groups is 1. The summed E-state index contributed by atoms with van der Waals surface area (Å²) in [6, 6.07) is 0.348. The quantitative estimate of drug-likeness (QED) is 0.437. The molecular formula is C8H13N5S. The molecule has 5 nitrogen and oxygen atoms in total. The number of aromatic nitrogens is 2. The van der Waals surface area contributed by atoms with Crippen LogP contribution >= 0.6 is 12.2 Å². The Labute approximate surface area is 88.0 Å². The second-order valence-corrected chi connectivity index (χ2v) is 3.52. The molecule has 0 aliphatic heterocycles. The Morgan fingerprint density at radius 2 is 2.50 bits per heavy atom. The molecule has 0 saturated carbocycles. The molecule has 0 atom stereocenters. The summed E-state index contributed by atoms with van der Waals surface area (Å²) in [7, 11) is 0. The number of hydrogen-bond donors (Lipinski definition) is 2. The Balaban J connectivity index is 2.59. The van der Waals surface area contributed by atoms with Crippen molar-refractivity contribution in [1.29, 1.82) is 0 Å². The van der Waals surface area contributed by atoms with Gasteiger partial charge < -0.3 is 5.73 Å². The number of rotatable bonds is 3. The number of nitrogens with one attached hydrogen (secondary N) is 1. The average molecular weight is 211 g/mol. The molecule has 0 unspecified atom stereocenters. The summed E-state index contributed by atoms with van der Waals surface area (Å²) >= 11 is 4.59. The van der Waals surface area contributed by atoms with Crippen LogP contribution in [0.5, 0.6) is 0 Å². The van der Waals surface area contributed by atoms with E-state index in [2.05, 4.69) is 41.7 Å². The Hall–Kier alpha value is -1.43. The molecule has 0 aliphatic carbocycles. The van der Waals surface area contributed by atoms with E-state index in [9.17, 15) is 0 Å². The molecule has 1 rings (SSSR count). The van der Waals surface area contributed by atoms with Gasteiger partial charge in [-0.05, 0) is 26.1 Å². The van der Waals surface area contributed by atoms with Crippen molar-refractivity contribution in [3.8, 4) is 0 Å². The summed E-state index contributed by atoms with van der Waals surface area (Å²) in [6.07, 6.45) is 5.24. The minimum atomic E-state index is 0.150. The second kappa shape index (κ2) is 4.71. The van der Waals surface area contributed by atoms with Crippen molar-refractivity contribution in [1.82, 2.24) is 15.2 Å². The van der Waals surface area contributed by atoms with Crippen molar-refractivity contribution in [3.63, 3.8) is 0 Å². The number of nitrogens with zero attached hydrogens (tertiary/aromatic N) is 3. The number of hydrogen-bond acceptors (Lipinski definition) is 3. The van der Waals surface area contributed by atoms with Crippen molar-refractivity contribution < 1.29 is 0 Å². The van der Waals surface area contributed by atoms with Gasteiger partial charge in [0.25, 0.3) is 0 Å². The van der Waals surface area contributed by atoms with E-state index in [1.807, 2.05) is 10.9 Å². The maximum Gasteiger partial charge on any atom is 0.184 e. The zero-order valence-corrected chi connectivity index (χ0v) is 8.95. The van der Waals surface area contributed by atoms with E-state index in [1.54, 1.807) is 12.4 Å². The number of hydrazone groups is 1.